The summed E-state index contributed by atoms with van der Waals surface area (Å²) < 4.78 is 11.0. The molecule has 1 amide bonds. The van der Waals surface area contributed by atoms with E-state index in [1.807, 2.05) is 0 Å². The Bertz CT molecular complexity index is 798. The van der Waals surface area contributed by atoms with Crippen molar-refractivity contribution in [3.05, 3.63) is 64.1 Å². The maximum Gasteiger partial charge on any atom is 0.337 e. The maximum absolute atomic E-state index is 12.3. The van der Waals surface area contributed by atoms with Crippen LogP contribution in [0.2, 0.25) is 0 Å². The predicted octanol–water partition coefficient (Wildman–Crippen LogP) is 1.53. The lowest BCUT2D eigenvalue weighted by atomic mass is 10.2. The molecule has 0 spiro atoms. The third-order valence-corrected chi connectivity index (χ3v) is 3.32. The minimum absolute atomic E-state index is 0.212. The van der Waals surface area contributed by atoms with E-state index in [0.29, 0.717) is 30.0 Å². The molecule has 2 rings (SSSR count). The summed E-state index contributed by atoms with van der Waals surface area (Å²) in [4.78, 5) is 35.6. The molecule has 0 aliphatic heterocycles. The van der Waals surface area contributed by atoms with E-state index in [0.717, 1.165) is 0 Å². The first kappa shape index (κ1) is 17.4. The Kier molecular flexibility index (Phi) is 5.86. The molecule has 0 saturated carbocycles. The molecule has 2 aromatic rings. The van der Waals surface area contributed by atoms with E-state index >= 15 is 0 Å². The number of methoxy groups -OCH3 is 2. The van der Waals surface area contributed by atoms with Gasteiger partial charge in [-0.3, -0.25) is 9.59 Å². The van der Waals surface area contributed by atoms with Gasteiger partial charge in [-0.15, -0.1) is 0 Å². The quantitative estimate of drug-likeness (QED) is 0.812. The standard InChI is InChI=1S/C17H18N2O5/c1-23-9-8-19-11-13(6-7-15(19)20)16(21)18-14-5-3-4-12(10-14)17(22)24-2/h3-7,10-11H,8-9H2,1-2H3,(H,18,21). The minimum atomic E-state index is -0.487. The topological polar surface area (TPSA) is 86.6 Å². The molecule has 0 radical (unpaired) electrons. The second kappa shape index (κ2) is 8.07. The number of carbonyl (C=O) groups excluding carboxylic acids is 2. The molecule has 24 heavy (non-hydrogen) atoms. The Morgan fingerprint density at radius 3 is 2.62 bits per heavy atom. The second-order valence-corrected chi connectivity index (χ2v) is 4.97. The number of hydrogen-bond acceptors (Lipinski definition) is 5. The van der Waals surface area contributed by atoms with Crippen molar-refractivity contribution in [3.8, 4) is 0 Å². The molecule has 1 aromatic carbocycles. The van der Waals surface area contributed by atoms with Gasteiger partial charge in [-0.25, -0.2) is 4.79 Å². The SMILES string of the molecule is COCCn1cc(C(=O)Nc2cccc(C(=O)OC)c2)ccc1=O. The lowest BCUT2D eigenvalue weighted by molar-refractivity contribution is 0.0600. The third-order valence-electron chi connectivity index (χ3n) is 3.32. The van der Waals surface area contributed by atoms with Crippen LogP contribution < -0.4 is 10.9 Å². The van der Waals surface area contributed by atoms with E-state index < -0.39 is 5.97 Å². The van der Waals surface area contributed by atoms with Gasteiger partial charge in [0.15, 0.2) is 0 Å². The number of rotatable bonds is 6. The molecule has 0 aliphatic rings. The number of benzene rings is 1. The number of esters is 1. The fourth-order valence-electron chi connectivity index (χ4n) is 2.08. The number of pyridine rings is 1. The zero-order chi connectivity index (χ0) is 17.5. The Morgan fingerprint density at radius 2 is 1.92 bits per heavy atom. The van der Waals surface area contributed by atoms with Crippen LogP contribution in [-0.4, -0.2) is 37.3 Å². The van der Waals surface area contributed by atoms with E-state index in [1.54, 1.807) is 18.2 Å². The molecule has 1 N–H and O–H groups in total. The fourth-order valence-corrected chi connectivity index (χ4v) is 2.08. The van der Waals surface area contributed by atoms with E-state index in [-0.39, 0.29) is 11.5 Å². The Labute approximate surface area is 138 Å². The van der Waals surface area contributed by atoms with Gasteiger partial charge in [0.1, 0.15) is 0 Å². The van der Waals surface area contributed by atoms with Crippen molar-refractivity contribution in [2.75, 3.05) is 26.1 Å². The molecular formula is C17H18N2O5. The van der Waals surface area contributed by atoms with Crippen molar-refractivity contribution in [1.29, 1.82) is 0 Å². The summed E-state index contributed by atoms with van der Waals surface area (Å²) in [6, 6.07) is 9.18. The van der Waals surface area contributed by atoms with Gasteiger partial charge in [0.05, 0.1) is 24.8 Å². The predicted molar refractivity (Wildman–Crippen MR) is 88.3 cm³/mol. The molecule has 0 bridgehead atoms. The second-order valence-electron chi connectivity index (χ2n) is 4.97. The lowest BCUT2D eigenvalue weighted by Gasteiger charge is -2.09. The third kappa shape index (κ3) is 4.30. The summed E-state index contributed by atoms with van der Waals surface area (Å²) in [5.41, 5.74) is 0.906. The van der Waals surface area contributed by atoms with Gasteiger partial charge < -0.3 is 19.4 Å². The van der Waals surface area contributed by atoms with Gasteiger partial charge in [-0.1, -0.05) is 6.07 Å². The summed E-state index contributed by atoms with van der Waals surface area (Å²) in [6.07, 6.45) is 1.47. The van der Waals surface area contributed by atoms with Gasteiger partial charge in [0.25, 0.3) is 11.5 Å². The van der Waals surface area contributed by atoms with E-state index in [2.05, 4.69) is 10.1 Å². The first-order valence-electron chi connectivity index (χ1n) is 7.24. The summed E-state index contributed by atoms with van der Waals surface area (Å²) >= 11 is 0. The largest absolute Gasteiger partial charge is 0.465 e. The lowest BCUT2D eigenvalue weighted by Crippen LogP contribution is -2.23. The first-order valence-corrected chi connectivity index (χ1v) is 7.24. The van der Waals surface area contributed by atoms with Crippen LogP contribution in [0.1, 0.15) is 20.7 Å². The highest BCUT2D eigenvalue weighted by Gasteiger charge is 2.10. The van der Waals surface area contributed by atoms with Crippen molar-refractivity contribution in [3.63, 3.8) is 0 Å². The van der Waals surface area contributed by atoms with Crippen molar-refractivity contribution >= 4 is 17.6 Å². The first-order chi connectivity index (χ1) is 11.5. The smallest absolute Gasteiger partial charge is 0.337 e. The number of anilines is 1. The number of hydrogen-bond donors (Lipinski definition) is 1. The average Bonchev–Trinajstić information content (AvgIpc) is 2.60. The highest BCUT2D eigenvalue weighted by Crippen LogP contribution is 2.13. The highest BCUT2D eigenvalue weighted by atomic mass is 16.5. The molecule has 0 aliphatic carbocycles. The Hall–Kier alpha value is -2.93. The van der Waals surface area contributed by atoms with Crippen LogP contribution in [0.3, 0.4) is 0 Å². The number of amides is 1. The van der Waals surface area contributed by atoms with E-state index in [4.69, 9.17) is 4.74 Å². The Morgan fingerprint density at radius 1 is 1.12 bits per heavy atom. The van der Waals surface area contributed by atoms with Crippen LogP contribution in [0.15, 0.2) is 47.4 Å². The summed E-state index contributed by atoms with van der Waals surface area (Å²) in [7, 11) is 2.83. The van der Waals surface area contributed by atoms with Crippen molar-refractivity contribution < 1.29 is 19.1 Å². The molecule has 7 heteroatoms. The molecule has 0 atom stereocenters. The Balaban J connectivity index is 2.18. The van der Waals surface area contributed by atoms with Gasteiger partial charge >= 0.3 is 5.97 Å². The zero-order valence-corrected chi connectivity index (χ0v) is 13.4. The van der Waals surface area contributed by atoms with Gasteiger partial charge in [-0.2, -0.15) is 0 Å². The summed E-state index contributed by atoms with van der Waals surface area (Å²) in [6.45, 7) is 0.723. The fraction of sp³-hybridized carbons (Fsp3) is 0.235. The number of nitrogens with one attached hydrogen (secondary N) is 1. The number of carbonyl (C=O) groups is 2. The molecule has 0 fully saturated rings. The van der Waals surface area contributed by atoms with E-state index in [9.17, 15) is 14.4 Å². The molecule has 7 nitrogen and oxygen atoms in total. The molecule has 1 aromatic heterocycles. The summed E-state index contributed by atoms with van der Waals surface area (Å²) in [5.74, 6) is -0.873. The number of ether oxygens (including phenoxy) is 2. The van der Waals surface area contributed by atoms with Crippen molar-refractivity contribution in [2.24, 2.45) is 0 Å². The van der Waals surface area contributed by atoms with Crippen LogP contribution in [0.25, 0.3) is 0 Å². The van der Waals surface area contributed by atoms with Crippen molar-refractivity contribution in [2.45, 2.75) is 6.54 Å². The minimum Gasteiger partial charge on any atom is -0.465 e. The van der Waals surface area contributed by atoms with E-state index in [1.165, 1.54) is 43.2 Å². The molecule has 0 unspecified atom stereocenters. The average molecular weight is 330 g/mol. The van der Waals surface area contributed by atoms with Crippen LogP contribution in [0.5, 0.6) is 0 Å². The highest BCUT2D eigenvalue weighted by molar-refractivity contribution is 6.04. The number of nitrogens with zero attached hydrogens (tertiary/aromatic N) is 1. The normalized spacial score (nSPS) is 10.2. The van der Waals surface area contributed by atoms with Gasteiger partial charge in [-0.05, 0) is 24.3 Å². The van der Waals surface area contributed by atoms with Crippen LogP contribution in [0, 0.1) is 0 Å². The zero-order valence-electron chi connectivity index (χ0n) is 13.4. The van der Waals surface area contributed by atoms with Crippen molar-refractivity contribution in [1.82, 2.24) is 4.57 Å². The van der Waals surface area contributed by atoms with Gasteiger partial charge in [0.2, 0.25) is 0 Å². The summed E-state index contributed by atoms with van der Waals surface area (Å²) in [5, 5.41) is 2.69. The monoisotopic (exact) mass is 330 g/mol. The van der Waals surface area contributed by atoms with Crippen LogP contribution >= 0.6 is 0 Å². The van der Waals surface area contributed by atoms with Crippen LogP contribution in [-0.2, 0) is 16.0 Å². The molecule has 1 heterocycles. The van der Waals surface area contributed by atoms with Crippen LogP contribution in [0.4, 0.5) is 5.69 Å². The molecular weight excluding hydrogens is 312 g/mol. The number of aromatic nitrogens is 1. The molecule has 126 valence electrons. The maximum atomic E-state index is 12.3. The van der Waals surface area contributed by atoms with Gasteiger partial charge in [0, 0.05) is 31.6 Å². The molecule has 0 saturated heterocycles.